The Morgan fingerprint density at radius 3 is 2.69 bits per heavy atom. The zero-order valence-corrected chi connectivity index (χ0v) is 18.3. The normalized spacial score (nSPS) is 19.9. The van der Waals surface area contributed by atoms with Crippen LogP contribution in [0.1, 0.15) is 27.9 Å². The number of aliphatic hydroxyl groups is 1. The SMILES string of the molecule is O=C(C1=C(O)C(=O)N(CCCN2CCOCC2)[C@H]1c1cccs1)c1cc2ccccc2o1. The highest BCUT2D eigenvalue weighted by molar-refractivity contribution is 7.10. The molecule has 1 aromatic carbocycles. The minimum absolute atomic E-state index is 0.0860. The second-order valence-electron chi connectivity index (χ2n) is 7.96. The molecule has 2 aliphatic rings. The molecule has 0 aliphatic carbocycles. The van der Waals surface area contributed by atoms with Crippen LogP contribution in [0.25, 0.3) is 11.0 Å². The van der Waals surface area contributed by atoms with Crippen LogP contribution < -0.4 is 0 Å². The van der Waals surface area contributed by atoms with E-state index in [2.05, 4.69) is 4.90 Å². The van der Waals surface area contributed by atoms with Gasteiger partial charge in [0.15, 0.2) is 11.5 Å². The summed E-state index contributed by atoms with van der Waals surface area (Å²) in [7, 11) is 0. The van der Waals surface area contributed by atoms with Gasteiger partial charge in [0, 0.05) is 36.4 Å². The molecule has 1 fully saturated rings. The van der Waals surface area contributed by atoms with Gasteiger partial charge in [-0.25, -0.2) is 0 Å². The van der Waals surface area contributed by atoms with Crippen molar-refractivity contribution in [1.82, 2.24) is 9.80 Å². The van der Waals surface area contributed by atoms with Crippen LogP contribution >= 0.6 is 11.3 Å². The summed E-state index contributed by atoms with van der Waals surface area (Å²) in [6.45, 7) is 4.47. The van der Waals surface area contributed by atoms with E-state index in [1.807, 2.05) is 35.7 Å². The molecule has 3 aromatic rings. The van der Waals surface area contributed by atoms with E-state index in [1.54, 1.807) is 17.0 Å². The number of aliphatic hydroxyl groups excluding tert-OH is 1. The first-order chi connectivity index (χ1) is 15.6. The highest BCUT2D eigenvalue weighted by Gasteiger charge is 2.44. The lowest BCUT2D eigenvalue weighted by atomic mass is 10.00. The Morgan fingerprint density at radius 2 is 1.94 bits per heavy atom. The van der Waals surface area contributed by atoms with Gasteiger partial charge in [0.05, 0.1) is 24.8 Å². The van der Waals surface area contributed by atoms with E-state index < -0.39 is 23.5 Å². The molecule has 5 rings (SSSR count). The third kappa shape index (κ3) is 3.85. The molecule has 2 aliphatic heterocycles. The average Bonchev–Trinajstić information content (AvgIpc) is 3.54. The van der Waals surface area contributed by atoms with Crippen LogP contribution in [0.3, 0.4) is 0 Å². The van der Waals surface area contributed by atoms with E-state index in [-0.39, 0.29) is 11.3 Å². The number of thiophene rings is 1. The number of hydrogen-bond donors (Lipinski definition) is 1. The third-order valence-electron chi connectivity index (χ3n) is 5.99. The Hall–Kier alpha value is -2.94. The van der Waals surface area contributed by atoms with E-state index in [0.717, 1.165) is 49.5 Å². The van der Waals surface area contributed by atoms with Gasteiger partial charge in [-0.1, -0.05) is 24.3 Å². The number of amides is 1. The Morgan fingerprint density at radius 1 is 1.12 bits per heavy atom. The van der Waals surface area contributed by atoms with Crippen molar-refractivity contribution in [3.05, 3.63) is 69.8 Å². The second-order valence-corrected chi connectivity index (χ2v) is 8.94. The molecule has 2 aromatic heterocycles. The van der Waals surface area contributed by atoms with Gasteiger partial charge in [-0.3, -0.25) is 14.5 Å². The monoisotopic (exact) mass is 452 g/mol. The van der Waals surface area contributed by atoms with Crippen molar-refractivity contribution in [2.75, 3.05) is 39.4 Å². The summed E-state index contributed by atoms with van der Waals surface area (Å²) in [5.41, 5.74) is 0.679. The molecule has 0 radical (unpaired) electrons. The Balaban J connectivity index is 1.41. The van der Waals surface area contributed by atoms with E-state index in [4.69, 9.17) is 9.15 Å². The maximum atomic E-state index is 13.4. The number of carbonyl (C=O) groups excluding carboxylic acids is 2. The number of carbonyl (C=O) groups is 2. The fraction of sp³-hybridized carbons (Fsp3) is 0.333. The van der Waals surface area contributed by atoms with Gasteiger partial charge in [-0.2, -0.15) is 0 Å². The number of furan rings is 1. The summed E-state index contributed by atoms with van der Waals surface area (Å²) >= 11 is 1.46. The van der Waals surface area contributed by atoms with Crippen molar-refractivity contribution in [1.29, 1.82) is 0 Å². The number of benzene rings is 1. The van der Waals surface area contributed by atoms with Crippen LogP contribution in [0.2, 0.25) is 0 Å². The molecule has 1 saturated heterocycles. The summed E-state index contributed by atoms with van der Waals surface area (Å²) in [4.78, 5) is 31.2. The molecule has 7 nitrogen and oxygen atoms in total. The quantitative estimate of drug-likeness (QED) is 0.549. The molecular weight excluding hydrogens is 428 g/mol. The summed E-state index contributed by atoms with van der Waals surface area (Å²) < 4.78 is 11.1. The molecule has 0 spiro atoms. The molecule has 32 heavy (non-hydrogen) atoms. The highest BCUT2D eigenvalue weighted by Crippen LogP contribution is 2.41. The molecule has 4 heterocycles. The first kappa shape index (κ1) is 20.9. The zero-order valence-electron chi connectivity index (χ0n) is 17.5. The summed E-state index contributed by atoms with van der Waals surface area (Å²) in [5.74, 6) is -1.33. The molecule has 0 unspecified atom stereocenters. The summed E-state index contributed by atoms with van der Waals surface area (Å²) in [6, 6.07) is 12.2. The van der Waals surface area contributed by atoms with Crippen molar-refractivity contribution in [3.8, 4) is 0 Å². The van der Waals surface area contributed by atoms with Crippen LogP contribution in [0.5, 0.6) is 0 Å². The number of fused-ring (bicyclic) bond motifs is 1. The number of nitrogens with zero attached hydrogens (tertiary/aromatic N) is 2. The van der Waals surface area contributed by atoms with E-state index in [0.29, 0.717) is 12.1 Å². The molecule has 1 N–H and O–H groups in total. The van der Waals surface area contributed by atoms with Crippen LogP contribution in [0, 0.1) is 0 Å². The Labute approximate surface area is 189 Å². The first-order valence-corrected chi connectivity index (χ1v) is 11.6. The van der Waals surface area contributed by atoms with Gasteiger partial charge in [-0.05, 0) is 30.0 Å². The minimum atomic E-state index is -0.618. The smallest absolute Gasteiger partial charge is 0.290 e. The van der Waals surface area contributed by atoms with Gasteiger partial charge in [0.2, 0.25) is 5.78 Å². The van der Waals surface area contributed by atoms with E-state index in [1.165, 1.54) is 11.3 Å². The van der Waals surface area contributed by atoms with E-state index in [9.17, 15) is 14.7 Å². The van der Waals surface area contributed by atoms with Crippen molar-refractivity contribution in [2.24, 2.45) is 0 Å². The lowest BCUT2D eigenvalue weighted by Crippen LogP contribution is -2.39. The number of para-hydroxylation sites is 1. The highest BCUT2D eigenvalue weighted by atomic mass is 32.1. The largest absolute Gasteiger partial charge is 0.503 e. The maximum absolute atomic E-state index is 13.4. The van der Waals surface area contributed by atoms with Gasteiger partial charge < -0.3 is 19.2 Å². The molecule has 1 amide bonds. The topological polar surface area (TPSA) is 83.2 Å². The number of hydrogen-bond acceptors (Lipinski definition) is 7. The first-order valence-electron chi connectivity index (χ1n) is 10.7. The third-order valence-corrected chi connectivity index (χ3v) is 6.91. The Bertz CT molecular complexity index is 1130. The number of rotatable bonds is 7. The van der Waals surface area contributed by atoms with Gasteiger partial charge in [0.25, 0.3) is 5.91 Å². The molecule has 1 atom stereocenters. The number of ketones is 1. The second kappa shape index (κ2) is 8.90. The molecular formula is C24H24N2O5S. The maximum Gasteiger partial charge on any atom is 0.290 e. The molecule has 8 heteroatoms. The van der Waals surface area contributed by atoms with Crippen LogP contribution in [-0.4, -0.2) is 66.0 Å². The van der Waals surface area contributed by atoms with E-state index >= 15 is 0 Å². The van der Waals surface area contributed by atoms with Gasteiger partial charge >= 0.3 is 0 Å². The fourth-order valence-electron chi connectivity index (χ4n) is 4.37. The minimum Gasteiger partial charge on any atom is -0.503 e. The van der Waals surface area contributed by atoms with Crippen LogP contribution in [0.15, 0.2) is 63.6 Å². The summed E-state index contributed by atoms with van der Waals surface area (Å²) in [5, 5.41) is 13.5. The number of Topliss-reactive ketones (excluding diaryl/α,β-unsaturated/α-hetero) is 1. The average molecular weight is 453 g/mol. The standard InChI is InChI=1S/C24H24N2O5S/c27-22(18-15-16-5-1-2-6-17(16)31-18)20-21(19-7-3-14-32-19)26(24(29)23(20)28)9-4-8-25-10-12-30-13-11-25/h1-3,5-7,14-15,21,28H,4,8-13H2/t21-/m0/s1. The zero-order chi connectivity index (χ0) is 22.1. The number of morpholine rings is 1. The van der Waals surface area contributed by atoms with Crippen molar-refractivity contribution < 1.29 is 23.8 Å². The number of ether oxygens (including phenoxy) is 1. The predicted molar refractivity (Wildman–Crippen MR) is 121 cm³/mol. The fourth-order valence-corrected chi connectivity index (χ4v) is 5.22. The van der Waals surface area contributed by atoms with Crippen molar-refractivity contribution >= 4 is 34.0 Å². The molecule has 0 saturated carbocycles. The lowest BCUT2D eigenvalue weighted by molar-refractivity contribution is -0.129. The predicted octanol–water partition coefficient (Wildman–Crippen LogP) is 3.79. The van der Waals surface area contributed by atoms with Crippen LogP contribution in [0.4, 0.5) is 0 Å². The van der Waals surface area contributed by atoms with Crippen molar-refractivity contribution in [2.45, 2.75) is 12.5 Å². The van der Waals surface area contributed by atoms with Crippen LogP contribution in [-0.2, 0) is 9.53 Å². The lowest BCUT2D eigenvalue weighted by Gasteiger charge is -2.29. The van der Waals surface area contributed by atoms with Gasteiger partial charge in [-0.15, -0.1) is 11.3 Å². The summed E-state index contributed by atoms with van der Waals surface area (Å²) in [6.07, 6.45) is 0.743. The Kier molecular flexibility index (Phi) is 5.82. The van der Waals surface area contributed by atoms with Gasteiger partial charge in [0.1, 0.15) is 5.58 Å². The van der Waals surface area contributed by atoms with Crippen molar-refractivity contribution in [3.63, 3.8) is 0 Å². The molecule has 0 bridgehead atoms. The molecule has 166 valence electrons.